The molecule has 4 heteroatoms. The lowest BCUT2D eigenvalue weighted by Crippen LogP contribution is -2.10. The second kappa shape index (κ2) is 5.40. The third-order valence-corrected chi connectivity index (χ3v) is 2.81. The van der Waals surface area contributed by atoms with Gasteiger partial charge in [-0.3, -0.25) is 9.78 Å². The van der Waals surface area contributed by atoms with Crippen LogP contribution in [0.3, 0.4) is 0 Å². The number of benzene rings is 1. The van der Waals surface area contributed by atoms with E-state index in [0.717, 1.165) is 5.56 Å². The van der Waals surface area contributed by atoms with Crippen LogP contribution in [-0.4, -0.2) is 10.9 Å². The van der Waals surface area contributed by atoms with Crippen molar-refractivity contribution < 1.29 is 9.21 Å². The van der Waals surface area contributed by atoms with E-state index in [0.29, 0.717) is 11.4 Å². The summed E-state index contributed by atoms with van der Waals surface area (Å²) in [5, 5.41) is 2.73. The van der Waals surface area contributed by atoms with Gasteiger partial charge >= 0.3 is 0 Å². The highest BCUT2D eigenvalue weighted by molar-refractivity contribution is 6.02. The molecule has 0 radical (unpaired) electrons. The first kappa shape index (κ1) is 12.2. The number of rotatable bonds is 3. The Morgan fingerprint density at radius 2 is 1.85 bits per heavy atom. The Kier molecular flexibility index (Phi) is 3.29. The number of furan rings is 1. The molecule has 0 spiro atoms. The van der Waals surface area contributed by atoms with Crippen LogP contribution in [0.5, 0.6) is 0 Å². The van der Waals surface area contributed by atoms with Gasteiger partial charge in [-0.15, -0.1) is 0 Å². The smallest absolute Gasteiger partial charge is 0.291 e. The fraction of sp³-hybridized carbons (Fsp3) is 0. The molecule has 0 aliphatic heterocycles. The van der Waals surface area contributed by atoms with Gasteiger partial charge in [0.15, 0.2) is 5.76 Å². The number of nitrogens with one attached hydrogen (secondary N) is 1. The number of anilines is 1. The molecule has 0 unspecified atom stereocenters. The number of aromatic nitrogens is 1. The van der Waals surface area contributed by atoms with Gasteiger partial charge in [-0.25, -0.2) is 0 Å². The number of amides is 1. The standard InChI is InChI=1S/C16H12N2O2/c19-16(18-13-7-4-10-17-11-13)15-9-8-14(20-15)12-5-2-1-3-6-12/h1-11H,(H,18,19). The zero-order chi connectivity index (χ0) is 13.8. The molecule has 1 aromatic carbocycles. The van der Waals surface area contributed by atoms with Crippen LogP contribution < -0.4 is 5.32 Å². The van der Waals surface area contributed by atoms with E-state index in [1.807, 2.05) is 30.3 Å². The van der Waals surface area contributed by atoms with Crippen molar-refractivity contribution in [3.63, 3.8) is 0 Å². The second-order valence-electron chi connectivity index (χ2n) is 4.23. The van der Waals surface area contributed by atoms with Gasteiger partial charge in [0.2, 0.25) is 0 Å². The monoisotopic (exact) mass is 264 g/mol. The second-order valence-corrected chi connectivity index (χ2v) is 4.23. The SMILES string of the molecule is O=C(Nc1cccnc1)c1ccc(-c2ccccc2)o1. The van der Waals surface area contributed by atoms with Gasteiger partial charge in [-0.2, -0.15) is 0 Å². The Labute approximate surface area is 116 Å². The molecule has 2 heterocycles. The lowest BCUT2D eigenvalue weighted by molar-refractivity contribution is 0.0997. The predicted molar refractivity (Wildman–Crippen MR) is 76.3 cm³/mol. The fourth-order valence-corrected chi connectivity index (χ4v) is 1.85. The number of carbonyl (C=O) groups excluding carboxylic acids is 1. The number of hydrogen-bond acceptors (Lipinski definition) is 3. The summed E-state index contributed by atoms with van der Waals surface area (Å²) in [5.41, 5.74) is 1.57. The first-order valence-corrected chi connectivity index (χ1v) is 6.19. The molecule has 0 saturated heterocycles. The molecule has 0 atom stereocenters. The fourth-order valence-electron chi connectivity index (χ4n) is 1.85. The van der Waals surface area contributed by atoms with Crippen LogP contribution in [0.15, 0.2) is 71.4 Å². The van der Waals surface area contributed by atoms with Crippen LogP contribution in [0.4, 0.5) is 5.69 Å². The molecule has 1 amide bonds. The molecule has 1 N–H and O–H groups in total. The maximum Gasteiger partial charge on any atom is 0.291 e. The molecular weight excluding hydrogens is 252 g/mol. The molecule has 0 aliphatic carbocycles. The van der Waals surface area contributed by atoms with Crippen LogP contribution in [0.25, 0.3) is 11.3 Å². The molecule has 20 heavy (non-hydrogen) atoms. The van der Waals surface area contributed by atoms with E-state index in [1.165, 1.54) is 0 Å². The summed E-state index contributed by atoms with van der Waals surface area (Å²) in [5.74, 6) is 0.648. The molecule has 98 valence electrons. The normalized spacial score (nSPS) is 10.2. The van der Waals surface area contributed by atoms with Crippen LogP contribution in [-0.2, 0) is 0 Å². The first-order valence-electron chi connectivity index (χ1n) is 6.19. The molecular formula is C16H12N2O2. The largest absolute Gasteiger partial charge is 0.451 e. The van der Waals surface area contributed by atoms with Gasteiger partial charge in [-0.1, -0.05) is 30.3 Å². The van der Waals surface area contributed by atoms with Crippen LogP contribution in [0, 0.1) is 0 Å². The van der Waals surface area contributed by atoms with Crippen molar-refractivity contribution in [2.75, 3.05) is 5.32 Å². The molecule has 0 saturated carbocycles. The van der Waals surface area contributed by atoms with E-state index in [9.17, 15) is 4.79 Å². The van der Waals surface area contributed by atoms with Crippen molar-refractivity contribution in [2.45, 2.75) is 0 Å². The summed E-state index contributed by atoms with van der Waals surface area (Å²) in [7, 11) is 0. The average molecular weight is 264 g/mol. The maximum atomic E-state index is 12.0. The van der Waals surface area contributed by atoms with Crippen molar-refractivity contribution in [1.29, 1.82) is 0 Å². The lowest BCUT2D eigenvalue weighted by atomic mass is 10.2. The van der Waals surface area contributed by atoms with Crippen molar-refractivity contribution in [1.82, 2.24) is 4.98 Å². The Morgan fingerprint density at radius 3 is 2.60 bits per heavy atom. The van der Waals surface area contributed by atoms with E-state index in [4.69, 9.17) is 4.42 Å². The third kappa shape index (κ3) is 2.59. The Balaban J connectivity index is 1.79. The lowest BCUT2D eigenvalue weighted by Gasteiger charge is -2.01. The van der Waals surface area contributed by atoms with Crippen LogP contribution in [0.1, 0.15) is 10.6 Å². The van der Waals surface area contributed by atoms with Gasteiger partial charge in [0.25, 0.3) is 5.91 Å². The van der Waals surface area contributed by atoms with E-state index in [2.05, 4.69) is 10.3 Å². The quantitative estimate of drug-likeness (QED) is 0.786. The molecule has 0 fully saturated rings. The van der Waals surface area contributed by atoms with E-state index < -0.39 is 0 Å². The van der Waals surface area contributed by atoms with Gasteiger partial charge in [0.05, 0.1) is 11.9 Å². The molecule has 3 aromatic rings. The summed E-state index contributed by atoms with van der Waals surface area (Å²) in [4.78, 5) is 16.0. The number of hydrogen-bond donors (Lipinski definition) is 1. The zero-order valence-electron chi connectivity index (χ0n) is 10.6. The van der Waals surface area contributed by atoms with Gasteiger partial charge in [-0.05, 0) is 24.3 Å². The average Bonchev–Trinajstić information content (AvgIpc) is 2.99. The summed E-state index contributed by atoms with van der Waals surface area (Å²) < 4.78 is 5.57. The topological polar surface area (TPSA) is 55.1 Å². The van der Waals surface area contributed by atoms with Crippen molar-refractivity contribution in [2.24, 2.45) is 0 Å². The summed E-state index contributed by atoms with van der Waals surface area (Å²) in [6.07, 6.45) is 3.23. The molecule has 0 bridgehead atoms. The van der Waals surface area contributed by atoms with Crippen molar-refractivity contribution in [3.8, 4) is 11.3 Å². The highest BCUT2D eigenvalue weighted by atomic mass is 16.3. The Hall–Kier alpha value is -2.88. The molecule has 2 aromatic heterocycles. The van der Waals surface area contributed by atoms with E-state index >= 15 is 0 Å². The summed E-state index contributed by atoms with van der Waals surface area (Å²) in [6.45, 7) is 0. The number of nitrogens with zero attached hydrogens (tertiary/aromatic N) is 1. The van der Waals surface area contributed by atoms with E-state index in [1.54, 1.807) is 36.7 Å². The molecule has 4 nitrogen and oxygen atoms in total. The molecule has 0 aliphatic rings. The van der Waals surface area contributed by atoms with Crippen LogP contribution >= 0.6 is 0 Å². The minimum absolute atomic E-state index is 0.271. The van der Waals surface area contributed by atoms with Crippen molar-refractivity contribution in [3.05, 3.63) is 72.8 Å². The Bertz CT molecular complexity index is 706. The predicted octanol–water partition coefficient (Wildman–Crippen LogP) is 3.59. The van der Waals surface area contributed by atoms with Gasteiger partial charge in [0.1, 0.15) is 5.76 Å². The highest BCUT2D eigenvalue weighted by Gasteiger charge is 2.12. The van der Waals surface area contributed by atoms with Gasteiger partial charge < -0.3 is 9.73 Å². The molecule has 3 rings (SSSR count). The maximum absolute atomic E-state index is 12.0. The first-order chi connectivity index (χ1) is 9.83. The summed E-state index contributed by atoms with van der Waals surface area (Å²) >= 11 is 0. The van der Waals surface area contributed by atoms with Crippen molar-refractivity contribution >= 4 is 11.6 Å². The minimum atomic E-state index is -0.291. The van der Waals surface area contributed by atoms with Crippen LogP contribution in [0.2, 0.25) is 0 Å². The minimum Gasteiger partial charge on any atom is -0.451 e. The third-order valence-electron chi connectivity index (χ3n) is 2.81. The highest BCUT2D eigenvalue weighted by Crippen LogP contribution is 2.22. The summed E-state index contributed by atoms with van der Waals surface area (Å²) in [6, 6.07) is 16.6. The van der Waals surface area contributed by atoms with E-state index in [-0.39, 0.29) is 11.7 Å². The zero-order valence-corrected chi connectivity index (χ0v) is 10.6. The number of carbonyl (C=O) groups is 1. The Morgan fingerprint density at radius 1 is 1.00 bits per heavy atom. The number of pyridine rings is 1. The van der Waals surface area contributed by atoms with Gasteiger partial charge in [0, 0.05) is 11.8 Å².